The highest BCUT2D eigenvalue weighted by Gasteiger charge is 2.15. The summed E-state index contributed by atoms with van der Waals surface area (Å²) in [4.78, 5) is 9.16. The molecule has 0 fully saturated rings. The summed E-state index contributed by atoms with van der Waals surface area (Å²) in [6.07, 6.45) is 3.74. The maximum Gasteiger partial charge on any atom is 0.0780 e. The molecule has 2 aromatic heterocycles. The lowest BCUT2D eigenvalue weighted by Crippen LogP contribution is -2.22. The normalized spacial score (nSPS) is 12.0. The van der Waals surface area contributed by atoms with E-state index in [1.165, 1.54) is 21.9 Å². The van der Waals surface area contributed by atoms with Gasteiger partial charge in [-0.15, -0.1) is 0 Å². The third kappa shape index (κ3) is 4.43. The summed E-state index contributed by atoms with van der Waals surface area (Å²) in [7, 11) is 0. The van der Waals surface area contributed by atoms with Crippen LogP contribution in [0.25, 0.3) is 22.0 Å². The van der Waals surface area contributed by atoms with E-state index in [9.17, 15) is 0 Å². The molecular formula is C29H25N3. The minimum absolute atomic E-state index is 0.231. The second kappa shape index (κ2) is 9.54. The van der Waals surface area contributed by atoms with E-state index in [4.69, 9.17) is 4.98 Å². The molecule has 3 heteroatoms. The molecule has 3 aromatic carbocycles. The van der Waals surface area contributed by atoms with Crippen molar-refractivity contribution in [3.05, 3.63) is 132 Å². The number of nitrogens with one attached hydrogen (secondary N) is 1. The summed E-state index contributed by atoms with van der Waals surface area (Å²) in [6, 6.07) is 36.0. The molecule has 32 heavy (non-hydrogen) atoms. The van der Waals surface area contributed by atoms with E-state index in [2.05, 4.69) is 101 Å². The Balaban J connectivity index is 1.48. The third-order valence-electron chi connectivity index (χ3n) is 5.82. The number of pyridine rings is 2. The highest BCUT2D eigenvalue weighted by atomic mass is 14.9. The zero-order valence-electron chi connectivity index (χ0n) is 17.9. The van der Waals surface area contributed by atoms with Crippen molar-refractivity contribution in [2.24, 2.45) is 0 Å². The van der Waals surface area contributed by atoms with Crippen molar-refractivity contribution in [3.63, 3.8) is 0 Å². The Hall–Kier alpha value is -3.82. The van der Waals surface area contributed by atoms with Gasteiger partial charge in [-0.25, -0.2) is 0 Å². The Morgan fingerprint density at radius 3 is 2.34 bits per heavy atom. The zero-order valence-corrected chi connectivity index (χ0v) is 17.9. The molecule has 0 spiro atoms. The lowest BCUT2D eigenvalue weighted by Gasteiger charge is -2.20. The summed E-state index contributed by atoms with van der Waals surface area (Å²) in [6.45, 7) is 1.57. The number of hydrogen-bond acceptors (Lipinski definition) is 3. The van der Waals surface area contributed by atoms with Crippen LogP contribution < -0.4 is 5.32 Å². The van der Waals surface area contributed by atoms with Gasteiger partial charge in [-0.1, -0.05) is 78.9 Å². The standard InChI is InChI=1S/C29H25N3/c1-2-9-22(10-3-1)28(21-30-20-26-14-6-7-17-31-26)24-12-8-13-25(19-24)29-27-15-5-4-11-23(27)16-18-32-29/h1-19,28,30H,20-21H2. The van der Waals surface area contributed by atoms with Gasteiger partial charge in [0.25, 0.3) is 0 Å². The van der Waals surface area contributed by atoms with Crippen LogP contribution >= 0.6 is 0 Å². The molecule has 0 aliphatic heterocycles. The van der Waals surface area contributed by atoms with E-state index in [0.717, 1.165) is 30.0 Å². The molecule has 5 rings (SSSR count). The van der Waals surface area contributed by atoms with Gasteiger partial charge in [0.05, 0.1) is 11.4 Å². The van der Waals surface area contributed by atoms with Crippen LogP contribution in [0.2, 0.25) is 0 Å². The van der Waals surface area contributed by atoms with Crippen molar-refractivity contribution in [2.75, 3.05) is 6.54 Å². The van der Waals surface area contributed by atoms with Gasteiger partial charge in [-0.3, -0.25) is 9.97 Å². The van der Waals surface area contributed by atoms with Crippen molar-refractivity contribution >= 4 is 10.8 Å². The summed E-state index contributed by atoms with van der Waals surface area (Å²) in [5.74, 6) is 0.231. The van der Waals surface area contributed by atoms with E-state index in [0.29, 0.717) is 0 Å². The molecule has 3 nitrogen and oxygen atoms in total. The van der Waals surface area contributed by atoms with Gasteiger partial charge in [0.15, 0.2) is 0 Å². The first-order valence-corrected chi connectivity index (χ1v) is 11.0. The first-order chi connectivity index (χ1) is 15.9. The van der Waals surface area contributed by atoms with Gasteiger partial charge >= 0.3 is 0 Å². The van der Waals surface area contributed by atoms with Crippen LogP contribution in [0.4, 0.5) is 0 Å². The maximum atomic E-state index is 4.73. The second-order valence-corrected chi connectivity index (χ2v) is 7.92. The van der Waals surface area contributed by atoms with E-state index in [-0.39, 0.29) is 5.92 Å². The molecule has 1 N–H and O–H groups in total. The van der Waals surface area contributed by atoms with Crippen LogP contribution in [0.15, 0.2) is 116 Å². The molecule has 0 saturated carbocycles. The van der Waals surface area contributed by atoms with Crippen LogP contribution in [0.3, 0.4) is 0 Å². The van der Waals surface area contributed by atoms with Crippen molar-refractivity contribution in [1.29, 1.82) is 0 Å². The van der Waals surface area contributed by atoms with E-state index in [1.807, 2.05) is 24.5 Å². The number of rotatable bonds is 7. The first-order valence-electron chi connectivity index (χ1n) is 11.0. The fraction of sp³-hybridized carbons (Fsp3) is 0.103. The highest BCUT2D eigenvalue weighted by molar-refractivity contribution is 5.94. The van der Waals surface area contributed by atoms with Crippen molar-refractivity contribution in [3.8, 4) is 11.3 Å². The molecule has 0 amide bonds. The Labute approximate surface area is 188 Å². The number of nitrogens with zero attached hydrogens (tertiary/aromatic N) is 2. The quantitative estimate of drug-likeness (QED) is 0.343. The van der Waals surface area contributed by atoms with Gasteiger partial charge < -0.3 is 5.32 Å². The molecule has 0 bridgehead atoms. The van der Waals surface area contributed by atoms with Crippen LogP contribution in [-0.4, -0.2) is 16.5 Å². The summed E-state index contributed by atoms with van der Waals surface area (Å²) in [5, 5.41) is 5.99. The van der Waals surface area contributed by atoms with Crippen molar-refractivity contribution in [1.82, 2.24) is 15.3 Å². The molecule has 1 atom stereocenters. The fourth-order valence-electron chi connectivity index (χ4n) is 4.21. The molecule has 5 aromatic rings. The molecule has 2 heterocycles. The fourth-order valence-corrected chi connectivity index (χ4v) is 4.21. The minimum atomic E-state index is 0.231. The summed E-state index contributed by atoms with van der Waals surface area (Å²) >= 11 is 0. The lowest BCUT2D eigenvalue weighted by molar-refractivity contribution is 0.628. The Morgan fingerprint density at radius 2 is 1.47 bits per heavy atom. The van der Waals surface area contributed by atoms with Crippen LogP contribution in [0, 0.1) is 0 Å². The zero-order chi connectivity index (χ0) is 21.6. The Bertz CT molecular complexity index is 1290. The number of fused-ring (bicyclic) bond motifs is 1. The highest BCUT2D eigenvalue weighted by Crippen LogP contribution is 2.31. The monoisotopic (exact) mass is 415 g/mol. The predicted octanol–water partition coefficient (Wildman–Crippen LogP) is 6.22. The van der Waals surface area contributed by atoms with Crippen molar-refractivity contribution in [2.45, 2.75) is 12.5 Å². The van der Waals surface area contributed by atoms with E-state index < -0.39 is 0 Å². The van der Waals surface area contributed by atoms with Gasteiger partial charge in [-0.2, -0.15) is 0 Å². The lowest BCUT2D eigenvalue weighted by atomic mass is 9.89. The number of aromatic nitrogens is 2. The van der Waals surface area contributed by atoms with Crippen LogP contribution in [-0.2, 0) is 6.54 Å². The predicted molar refractivity (Wildman–Crippen MR) is 131 cm³/mol. The van der Waals surface area contributed by atoms with E-state index in [1.54, 1.807) is 0 Å². The molecule has 0 aliphatic rings. The summed E-state index contributed by atoms with van der Waals surface area (Å²) < 4.78 is 0. The molecule has 0 saturated heterocycles. The Kier molecular flexibility index (Phi) is 6.00. The second-order valence-electron chi connectivity index (χ2n) is 7.92. The van der Waals surface area contributed by atoms with Gasteiger partial charge in [-0.05, 0) is 40.8 Å². The molecule has 156 valence electrons. The molecule has 0 aliphatic carbocycles. The Morgan fingerprint density at radius 1 is 0.656 bits per heavy atom. The SMILES string of the molecule is c1ccc(C(CNCc2ccccn2)c2cccc(-c3nccc4ccccc34)c2)cc1. The first kappa shape index (κ1) is 20.1. The maximum absolute atomic E-state index is 4.73. The van der Waals surface area contributed by atoms with Gasteiger partial charge in [0.2, 0.25) is 0 Å². The molecular weight excluding hydrogens is 390 g/mol. The van der Waals surface area contributed by atoms with Gasteiger partial charge in [0, 0.05) is 42.4 Å². The molecule has 1 unspecified atom stereocenters. The van der Waals surface area contributed by atoms with Crippen LogP contribution in [0.1, 0.15) is 22.7 Å². The third-order valence-corrected chi connectivity index (χ3v) is 5.82. The average molecular weight is 416 g/mol. The van der Waals surface area contributed by atoms with Crippen molar-refractivity contribution < 1.29 is 0 Å². The molecule has 0 radical (unpaired) electrons. The summed E-state index contributed by atoms with van der Waals surface area (Å²) in [5.41, 5.74) is 5.79. The number of hydrogen-bond donors (Lipinski definition) is 1. The largest absolute Gasteiger partial charge is 0.310 e. The average Bonchev–Trinajstić information content (AvgIpc) is 2.87. The number of benzene rings is 3. The topological polar surface area (TPSA) is 37.8 Å². The van der Waals surface area contributed by atoms with Gasteiger partial charge in [0.1, 0.15) is 0 Å². The van der Waals surface area contributed by atoms with Crippen LogP contribution in [0.5, 0.6) is 0 Å². The van der Waals surface area contributed by atoms with E-state index >= 15 is 0 Å². The minimum Gasteiger partial charge on any atom is -0.310 e. The smallest absolute Gasteiger partial charge is 0.0780 e.